The molecule has 1 heterocycles. The Morgan fingerprint density at radius 3 is 2.37 bits per heavy atom. The molecule has 0 radical (unpaired) electrons. The molecule has 38 heavy (non-hydrogen) atoms. The minimum atomic E-state index is -3.79. The molecule has 9 heteroatoms. The molecule has 4 aromatic carbocycles. The van der Waals surface area contributed by atoms with Crippen LogP contribution in [0.25, 0.3) is 10.8 Å². The molecule has 1 atom stereocenters. The highest BCUT2D eigenvalue weighted by molar-refractivity contribution is 7.90. The van der Waals surface area contributed by atoms with Gasteiger partial charge in [-0.1, -0.05) is 48.5 Å². The van der Waals surface area contributed by atoms with Crippen LogP contribution in [0, 0.1) is 0 Å². The molecule has 0 amide bonds. The third-order valence-electron chi connectivity index (χ3n) is 6.23. The number of carbonyl (C=O) groups is 1. The zero-order valence-corrected chi connectivity index (χ0v) is 21.7. The molecule has 0 bridgehead atoms. The van der Waals surface area contributed by atoms with E-state index in [0.29, 0.717) is 22.6 Å². The molecular weight excluding hydrogens is 504 g/mol. The number of hydrogen-bond donors (Lipinski definition) is 0. The van der Waals surface area contributed by atoms with Crippen molar-refractivity contribution in [3.8, 4) is 11.5 Å². The molecular formula is C29H26N2O6S. The van der Waals surface area contributed by atoms with Gasteiger partial charge in [-0.2, -0.15) is 8.42 Å². The Morgan fingerprint density at radius 1 is 0.895 bits per heavy atom. The minimum Gasteiger partial charge on any atom is -0.497 e. The minimum absolute atomic E-state index is 0.0366. The summed E-state index contributed by atoms with van der Waals surface area (Å²) in [5.74, 6) is 1.05. The summed E-state index contributed by atoms with van der Waals surface area (Å²) in [7, 11) is -0.500. The number of likely N-dealkylation sites (N-methyl/N-ethyl adjacent to an activating group) is 1. The van der Waals surface area contributed by atoms with Crippen molar-refractivity contribution in [3.05, 3.63) is 102 Å². The largest absolute Gasteiger partial charge is 0.497 e. The molecule has 5 rings (SSSR count). The van der Waals surface area contributed by atoms with Crippen LogP contribution in [-0.4, -0.2) is 58.5 Å². The van der Waals surface area contributed by atoms with Crippen LogP contribution in [0.5, 0.6) is 11.5 Å². The Morgan fingerprint density at radius 2 is 1.58 bits per heavy atom. The lowest BCUT2D eigenvalue weighted by atomic mass is 10.0. The summed E-state index contributed by atoms with van der Waals surface area (Å²) in [6, 6.07) is 26.8. The Labute approximate surface area is 221 Å². The van der Waals surface area contributed by atoms with E-state index in [2.05, 4.69) is 4.40 Å². The summed E-state index contributed by atoms with van der Waals surface area (Å²) in [5, 5.41) is 1.70. The van der Waals surface area contributed by atoms with E-state index in [1.807, 2.05) is 36.4 Å². The van der Waals surface area contributed by atoms with Gasteiger partial charge in [-0.3, -0.25) is 0 Å². The van der Waals surface area contributed by atoms with Gasteiger partial charge in [0.25, 0.3) is 10.0 Å². The van der Waals surface area contributed by atoms with E-state index in [0.717, 1.165) is 10.8 Å². The van der Waals surface area contributed by atoms with Gasteiger partial charge in [0.15, 0.2) is 11.9 Å². The molecule has 0 N–H and O–H groups in total. The van der Waals surface area contributed by atoms with Crippen molar-refractivity contribution in [2.24, 2.45) is 4.40 Å². The lowest BCUT2D eigenvalue weighted by molar-refractivity contribution is 0.0132. The molecule has 194 valence electrons. The first-order chi connectivity index (χ1) is 18.4. The van der Waals surface area contributed by atoms with Crippen LogP contribution in [0.4, 0.5) is 0 Å². The zero-order valence-electron chi connectivity index (χ0n) is 20.9. The standard InChI is InChI=1S/C29H26N2O6S/c1-31(28-26-11-5-6-13-27(26)38(33,34)30-28)18-23(19-36-22-16-14-21(35-2)15-17-22)37-29(32)25-12-7-9-20-8-3-4-10-24(20)25/h3-17,23H,18-19H2,1-2H3/t23-/m1/s1. The number of hydrogen-bond acceptors (Lipinski definition) is 7. The molecule has 0 saturated carbocycles. The summed E-state index contributed by atoms with van der Waals surface area (Å²) < 4.78 is 46.2. The third kappa shape index (κ3) is 5.19. The predicted molar refractivity (Wildman–Crippen MR) is 144 cm³/mol. The summed E-state index contributed by atoms with van der Waals surface area (Å²) in [5.41, 5.74) is 0.941. The fourth-order valence-corrected chi connectivity index (χ4v) is 5.61. The molecule has 0 saturated heterocycles. The number of nitrogens with zero attached hydrogens (tertiary/aromatic N) is 2. The van der Waals surface area contributed by atoms with E-state index in [1.165, 1.54) is 6.07 Å². The first-order valence-corrected chi connectivity index (χ1v) is 13.4. The van der Waals surface area contributed by atoms with Crippen molar-refractivity contribution in [2.45, 2.75) is 11.0 Å². The van der Waals surface area contributed by atoms with Crippen LogP contribution in [0.1, 0.15) is 15.9 Å². The second-order valence-electron chi connectivity index (χ2n) is 8.81. The molecule has 8 nitrogen and oxygen atoms in total. The van der Waals surface area contributed by atoms with E-state index in [-0.39, 0.29) is 23.9 Å². The molecule has 0 fully saturated rings. The number of fused-ring (bicyclic) bond motifs is 2. The highest BCUT2D eigenvalue weighted by Gasteiger charge is 2.32. The number of sulfonamides is 1. The third-order valence-corrected chi connectivity index (χ3v) is 7.56. The van der Waals surface area contributed by atoms with E-state index < -0.39 is 22.1 Å². The first kappa shape index (κ1) is 25.3. The van der Waals surface area contributed by atoms with Crippen LogP contribution >= 0.6 is 0 Å². The highest BCUT2D eigenvalue weighted by atomic mass is 32.2. The van der Waals surface area contributed by atoms with E-state index in [1.54, 1.807) is 67.6 Å². The molecule has 0 aliphatic carbocycles. The van der Waals surface area contributed by atoms with Gasteiger partial charge in [0.1, 0.15) is 23.0 Å². The number of benzene rings is 4. The zero-order chi connectivity index (χ0) is 26.7. The quantitative estimate of drug-likeness (QED) is 0.309. The van der Waals surface area contributed by atoms with Crippen LogP contribution < -0.4 is 9.47 Å². The molecule has 4 aromatic rings. The van der Waals surface area contributed by atoms with Gasteiger partial charge in [0.2, 0.25) is 0 Å². The summed E-state index contributed by atoms with van der Waals surface area (Å²) >= 11 is 0. The molecule has 0 aromatic heterocycles. The molecule has 1 aliphatic rings. The van der Waals surface area contributed by atoms with Crippen molar-refractivity contribution in [1.29, 1.82) is 0 Å². The van der Waals surface area contributed by atoms with Gasteiger partial charge in [0, 0.05) is 12.6 Å². The number of esters is 1. The number of amidine groups is 1. The van der Waals surface area contributed by atoms with E-state index in [4.69, 9.17) is 14.2 Å². The fraction of sp³-hybridized carbons (Fsp3) is 0.172. The SMILES string of the molecule is COc1ccc(OC[C@@H](CN(C)C2=NS(=O)(=O)c3ccccc32)OC(=O)c2cccc3ccccc23)cc1. The Kier molecular flexibility index (Phi) is 7.02. The highest BCUT2D eigenvalue weighted by Crippen LogP contribution is 2.27. The first-order valence-electron chi connectivity index (χ1n) is 12.0. The van der Waals surface area contributed by atoms with Crippen molar-refractivity contribution in [3.63, 3.8) is 0 Å². The maximum Gasteiger partial charge on any atom is 0.339 e. The van der Waals surface area contributed by atoms with E-state index in [9.17, 15) is 13.2 Å². The second kappa shape index (κ2) is 10.5. The van der Waals surface area contributed by atoms with E-state index >= 15 is 0 Å². The number of rotatable bonds is 8. The normalized spacial score (nSPS) is 14.3. The Hall–Kier alpha value is -4.37. The maximum absolute atomic E-state index is 13.3. The average Bonchev–Trinajstić information content (AvgIpc) is 3.22. The van der Waals surface area contributed by atoms with Crippen molar-refractivity contribution in [1.82, 2.24) is 4.90 Å². The molecule has 1 aliphatic heterocycles. The van der Waals surface area contributed by atoms with Crippen LogP contribution in [0.3, 0.4) is 0 Å². The predicted octanol–water partition coefficient (Wildman–Crippen LogP) is 4.53. The number of ether oxygens (including phenoxy) is 3. The second-order valence-corrected chi connectivity index (χ2v) is 10.4. The lowest BCUT2D eigenvalue weighted by Crippen LogP contribution is -2.39. The smallest absolute Gasteiger partial charge is 0.339 e. The topological polar surface area (TPSA) is 94.5 Å². The molecule has 0 unspecified atom stereocenters. The summed E-state index contributed by atoms with van der Waals surface area (Å²) in [6.07, 6.45) is -0.744. The van der Waals surface area contributed by atoms with Crippen molar-refractivity contribution in [2.75, 3.05) is 27.3 Å². The van der Waals surface area contributed by atoms with Crippen LogP contribution in [0.2, 0.25) is 0 Å². The monoisotopic (exact) mass is 530 g/mol. The Balaban J connectivity index is 1.39. The van der Waals surface area contributed by atoms with Crippen LogP contribution in [0.15, 0.2) is 100 Å². The van der Waals surface area contributed by atoms with Gasteiger partial charge in [-0.05, 0) is 53.2 Å². The van der Waals surface area contributed by atoms with Gasteiger partial charge in [-0.25, -0.2) is 4.79 Å². The van der Waals surface area contributed by atoms with Gasteiger partial charge < -0.3 is 19.1 Å². The molecule has 0 spiro atoms. The van der Waals surface area contributed by atoms with Gasteiger partial charge >= 0.3 is 5.97 Å². The van der Waals surface area contributed by atoms with Gasteiger partial charge in [0.05, 0.1) is 19.2 Å². The average molecular weight is 531 g/mol. The lowest BCUT2D eigenvalue weighted by Gasteiger charge is -2.26. The van der Waals surface area contributed by atoms with Crippen molar-refractivity contribution < 1.29 is 27.4 Å². The van der Waals surface area contributed by atoms with Gasteiger partial charge in [-0.15, -0.1) is 4.40 Å². The van der Waals surface area contributed by atoms with Crippen LogP contribution in [-0.2, 0) is 14.8 Å². The fourth-order valence-electron chi connectivity index (χ4n) is 4.36. The number of methoxy groups -OCH3 is 1. The Bertz CT molecular complexity index is 1610. The number of carbonyl (C=O) groups excluding carboxylic acids is 1. The summed E-state index contributed by atoms with van der Waals surface area (Å²) in [6.45, 7) is 0.185. The maximum atomic E-state index is 13.3. The summed E-state index contributed by atoms with van der Waals surface area (Å²) in [4.78, 5) is 15.2. The van der Waals surface area contributed by atoms with Crippen molar-refractivity contribution >= 4 is 32.6 Å².